The van der Waals surface area contributed by atoms with Crippen LogP contribution in [0.15, 0.2) is 42.5 Å². The highest BCUT2D eigenvalue weighted by molar-refractivity contribution is 6.27. The minimum atomic E-state index is -1.82. The molecule has 154 valence electrons. The first-order valence-electron chi connectivity index (χ1n) is 9.79. The zero-order valence-electron chi connectivity index (χ0n) is 16.4. The maximum atomic E-state index is 9.10. The molecule has 7 nitrogen and oxygen atoms in total. The van der Waals surface area contributed by atoms with E-state index in [2.05, 4.69) is 59.3 Å². The average Bonchev–Trinajstić information content (AvgIpc) is 3.34. The van der Waals surface area contributed by atoms with Crippen LogP contribution >= 0.6 is 0 Å². The molecule has 1 saturated heterocycles. The quantitative estimate of drug-likeness (QED) is 0.571. The van der Waals surface area contributed by atoms with Gasteiger partial charge in [0.2, 0.25) is 0 Å². The molecule has 3 N–H and O–H groups in total. The molecule has 1 unspecified atom stereocenters. The molecule has 0 aliphatic carbocycles. The number of carboxylic acid groups (broad SMARTS) is 2. The summed E-state index contributed by atoms with van der Waals surface area (Å²) in [7, 11) is 0. The van der Waals surface area contributed by atoms with Gasteiger partial charge in [-0.15, -0.1) is 0 Å². The number of para-hydroxylation sites is 1. The lowest BCUT2D eigenvalue weighted by molar-refractivity contribution is -0.159. The molecule has 0 saturated carbocycles. The van der Waals surface area contributed by atoms with Crippen LogP contribution in [0.4, 0.5) is 0 Å². The molecule has 3 aromatic rings. The molecule has 29 heavy (non-hydrogen) atoms. The molecule has 4 rings (SSSR count). The van der Waals surface area contributed by atoms with Crippen molar-refractivity contribution in [1.82, 2.24) is 9.88 Å². The van der Waals surface area contributed by atoms with E-state index in [0.29, 0.717) is 6.10 Å². The van der Waals surface area contributed by atoms with E-state index in [0.717, 1.165) is 26.2 Å². The van der Waals surface area contributed by atoms with Gasteiger partial charge in [-0.1, -0.05) is 24.3 Å². The maximum absolute atomic E-state index is 9.10. The highest BCUT2D eigenvalue weighted by atomic mass is 16.5. The molecule has 0 bridgehead atoms. The number of nitrogens with one attached hydrogen (secondary N) is 1. The van der Waals surface area contributed by atoms with E-state index in [9.17, 15) is 0 Å². The smallest absolute Gasteiger partial charge is 0.414 e. The number of benzene rings is 2. The van der Waals surface area contributed by atoms with Crippen molar-refractivity contribution in [2.45, 2.75) is 39.0 Å². The summed E-state index contributed by atoms with van der Waals surface area (Å²) in [5.74, 6) is -3.65. The number of aromatic nitrogens is 1. The predicted octanol–water partition coefficient (Wildman–Crippen LogP) is 3.24. The number of hydrogen-bond donors (Lipinski definition) is 3. The molecule has 1 aliphatic heterocycles. The minimum Gasteiger partial charge on any atom is -0.473 e. The van der Waals surface area contributed by atoms with Crippen molar-refractivity contribution in [3.05, 3.63) is 48.0 Å². The number of fused-ring (bicyclic) bond motifs is 3. The molecular weight excluding hydrogens is 372 g/mol. The van der Waals surface area contributed by atoms with Gasteiger partial charge in [0.05, 0.1) is 6.10 Å². The van der Waals surface area contributed by atoms with Crippen LogP contribution < -0.4 is 5.32 Å². The Labute approximate surface area is 168 Å². The lowest BCUT2D eigenvalue weighted by Gasteiger charge is -2.11. The molecule has 0 radical (unpaired) electrons. The van der Waals surface area contributed by atoms with Gasteiger partial charge in [-0.3, -0.25) is 0 Å². The number of aliphatic carboxylic acids is 2. The normalized spacial score (nSPS) is 16.0. The Morgan fingerprint density at radius 2 is 1.83 bits per heavy atom. The summed E-state index contributed by atoms with van der Waals surface area (Å²) < 4.78 is 8.07. The average molecular weight is 398 g/mol. The molecule has 1 aromatic heterocycles. The van der Waals surface area contributed by atoms with Crippen LogP contribution in [0, 0.1) is 0 Å². The van der Waals surface area contributed by atoms with Gasteiger partial charge in [0.15, 0.2) is 0 Å². The van der Waals surface area contributed by atoms with E-state index >= 15 is 0 Å². The van der Waals surface area contributed by atoms with Crippen LogP contribution in [0.25, 0.3) is 21.8 Å². The lowest BCUT2D eigenvalue weighted by Crippen LogP contribution is -2.25. The van der Waals surface area contributed by atoms with Gasteiger partial charge in [-0.2, -0.15) is 0 Å². The zero-order valence-corrected chi connectivity index (χ0v) is 16.4. The fourth-order valence-corrected chi connectivity index (χ4v) is 3.73. The van der Waals surface area contributed by atoms with Gasteiger partial charge in [-0.05, 0) is 43.5 Å². The van der Waals surface area contributed by atoms with Crippen LogP contribution in [-0.2, 0) is 27.4 Å². The SMILES string of the molecule is CCn1c2ccccc2c2cc(CNCC3CCCO3)ccc21.O=C(O)C(=O)O. The first-order valence-corrected chi connectivity index (χ1v) is 9.79. The highest BCUT2D eigenvalue weighted by Gasteiger charge is 2.15. The van der Waals surface area contributed by atoms with Gasteiger partial charge in [-0.25, -0.2) is 9.59 Å². The van der Waals surface area contributed by atoms with E-state index in [-0.39, 0.29) is 0 Å². The standard InChI is InChI=1S/C20H24N2O.C2H2O4/c1-2-22-19-8-4-3-7-17(19)18-12-15(9-10-20(18)22)13-21-14-16-6-5-11-23-16;3-1(4)2(5)6/h3-4,7-10,12,16,21H,2,5-6,11,13-14H2,1H3;(H,3,4)(H,5,6). The minimum absolute atomic E-state index is 0.403. The summed E-state index contributed by atoms with van der Waals surface area (Å²) in [6, 6.07) is 15.5. The number of carboxylic acids is 2. The molecule has 7 heteroatoms. The third kappa shape index (κ3) is 4.93. The number of aryl methyl sites for hydroxylation is 1. The fourth-order valence-electron chi connectivity index (χ4n) is 3.73. The number of rotatable bonds is 5. The first kappa shape index (κ1) is 20.8. The molecule has 1 atom stereocenters. The van der Waals surface area contributed by atoms with Crippen molar-refractivity contribution in [3.8, 4) is 0 Å². The largest absolute Gasteiger partial charge is 0.473 e. The Kier molecular flexibility index (Phi) is 6.85. The van der Waals surface area contributed by atoms with Crippen LogP contribution in [0.3, 0.4) is 0 Å². The summed E-state index contributed by atoms with van der Waals surface area (Å²) in [5.41, 5.74) is 4.00. The molecular formula is C22H26N2O5. The Hall–Kier alpha value is -2.90. The Morgan fingerprint density at radius 1 is 1.10 bits per heavy atom. The summed E-state index contributed by atoms with van der Waals surface area (Å²) >= 11 is 0. The molecule has 0 spiro atoms. The van der Waals surface area contributed by atoms with Gasteiger partial charge >= 0.3 is 11.9 Å². The van der Waals surface area contributed by atoms with Gasteiger partial charge in [0, 0.05) is 48.0 Å². The van der Waals surface area contributed by atoms with Crippen molar-refractivity contribution >= 4 is 33.7 Å². The van der Waals surface area contributed by atoms with Crippen molar-refractivity contribution in [2.75, 3.05) is 13.2 Å². The lowest BCUT2D eigenvalue weighted by atomic mass is 10.1. The maximum Gasteiger partial charge on any atom is 0.414 e. The van der Waals surface area contributed by atoms with Gasteiger partial charge in [0.1, 0.15) is 0 Å². The number of nitrogens with zero attached hydrogens (tertiary/aromatic N) is 1. The van der Waals surface area contributed by atoms with Crippen LogP contribution in [0.5, 0.6) is 0 Å². The predicted molar refractivity (Wildman–Crippen MR) is 111 cm³/mol. The van der Waals surface area contributed by atoms with Crippen LogP contribution in [0.2, 0.25) is 0 Å². The number of hydrogen-bond acceptors (Lipinski definition) is 4. The molecule has 2 heterocycles. The molecule has 1 aliphatic rings. The third-order valence-corrected chi connectivity index (χ3v) is 5.06. The van der Waals surface area contributed by atoms with E-state index in [1.807, 2.05) is 0 Å². The number of carbonyl (C=O) groups is 2. The summed E-state index contributed by atoms with van der Waals surface area (Å²) in [4.78, 5) is 18.2. The second kappa shape index (κ2) is 9.54. The van der Waals surface area contributed by atoms with Crippen molar-refractivity contribution in [3.63, 3.8) is 0 Å². The molecule has 0 amide bonds. The molecule has 2 aromatic carbocycles. The van der Waals surface area contributed by atoms with Crippen molar-refractivity contribution in [2.24, 2.45) is 0 Å². The fraction of sp³-hybridized carbons (Fsp3) is 0.364. The topological polar surface area (TPSA) is 101 Å². The van der Waals surface area contributed by atoms with E-state index in [4.69, 9.17) is 24.5 Å². The number of ether oxygens (including phenoxy) is 1. The van der Waals surface area contributed by atoms with E-state index < -0.39 is 11.9 Å². The Balaban J connectivity index is 0.000000353. The Morgan fingerprint density at radius 3 is 2.48 bits per heavy atom. The van der Waals surface area contributed by atoms with Crippen molar-refractivity contribution in [1.29, 1.82) is 0 Å². The van der Waals surface area contributed by atoms with E-state index in [1.165, 1.54) is 40.2 Å². The second-order valence-corrected chi connectivity index (χ2v) is 6.99. The monoisotopic (exact) mass is 398 g/mol. The second-order valence-electron chi connectivity index (χ2n) is 6.99. The van der Waals surface area contributed by atoms with E-state index in [1.54, 1.807) is 0 Å². The Bertz CT molecular complexity index is 993. The van der Waals surface area contributed by atoms with Crippen LogP contribution in [-0.4, -0.2) is 46.0 Å². The first-order chi connectivity index (χ1) is 14.0. The van der Waals surface area contributed by atoms with Crippen LogP contribution in [0.1, 0.15) is 25.3 Å². The summed E-state index contributed by atoms with van der Waals surface area (Å²) in [5, 5.41) is 21.0. The zero-order chi connectivity index (χ0) is 20.8. The molecule has 1 fully saturated rings. The van der Waals surface area contributed by atoms with Crippen molar-refractivity contribution < 1.29 is 24.5 Å². The highest BCUT2D eigenvalue weighted by Crippen LogP contribution is 2.29. The summed E-state index contributed by atoms with van der Waals surface area (Å²) in [6.45, 7) is 5.99. The van der Waals surface area contributed by atoms with Gasteiger partial charge in [0.25, 0.3) is 0 Å². The van der Waals surface area contributed by atoms with Gasteiger partial charge < -0.3 is 24.8 Å². The summed E-state index contributed by atoms with van der Waals surface area (Å²) in [6.07, 6.45) is 2.80. The third-order valence-electron chi connectivity index (χ3n) is 5.06.